The first-order valence-electron chi connectivity index (χ1n) is 10.9. The molecule has 0 aliphatic heterocycles. The fourth-order valence-electron chi connectivity index (χ4n) is 4.17. The largest absolute Gasteiger partial charge is 0.384 e. The fourth-order valence-corrected chi connectivity index (χ4v) is 5.89. The third-order valence-corrected chi connectivity index (χ3v) is 8.35. The number of nitrogens with zero attached hydrogens (tertiary/aromatic N) is 1. The molecule has 2 aliphatic rings. The van der Waals surface area contributed by atoms with Gasteiger partial charge in [-0.15, -0.1) is 0 Å². The number of alkyl halides is 2. The molecule has 2 saturated carbocycles. The van der Waals surface area contributed by atoms with Gasteiger partial charge in [0, 0.05) is 41.7 Å². The Bertz CT molecular complexity index is 1170. The molecule has 2 fully saturated rings. The van der Waals surface area contributed by atoms with Gasteiger partial charge in [-0.1, -0.05) is 58.0 Å². The molecule has 2 aliphatic carbocycles. The summed E-state index contributed by atoms with van der Waals surface area (Å²) in [7, 11) is 1.50. The summed E-state index contributed by atoms with van der Waals surface area (Å²) < 4.78 is -1.38. The first-order chi connectivity index (χ1) is 16.5. The summed E-state index contributed by atoms with van der Waals surface area (Å²) in [5.41, 5.74) is 2.74. The van der Waals surface area contributed by atoms with E-state index in [2.05, 4.69) is 10.7 Å². The number of amides is 2. The average Bonchev–Trinajstić information content (AvgIpc) is 3.68. The maximum absolute atomic E-state index is 12.8. The predicted octanol–water partition coefficient (Wildman–Crippen LogP) is 6.12. The normalized spacial score (nSPS) is 22.3. The Kier molecular flexibility index (Phi) is 7.52. The summed E-state index contributed by atoms with van der Waals surface area (Å²) in [4.78, 5) is 37.2. The molecule has 0 bridgehead atoms. The zero-order valence-corrected chi connectivity index (χ0v) is 22.4. The van der Waals surface area contributed by atoms with Crippen molar-refractivity contribution in [1.82, 2.24) is 10.4 Å². The minimum atomic E-state index is -1.38. The summed E-state index contributed by atoms with van der Waals surface area (Å²) in [6.45, 7) is 0.0841. The van der Waals surface area contributed by atoms with Gasteiger partial charge in [-0.3, -0.25) is 20.0 Å². The molecule has 2 unspecified atom stereocenters. The van der Waals surface area contributed by atoms with Crippen molar-refractivity contribution in [2.45, 2.75) is 29.5 Å². The minimum absolute atomic E-state index is 0.0841. The molecular formula is C24H22Cl5N3O3. The van der Waals surface area contributed by atoms with E-state index >= 15 is 0 Å². The Labute approximate surface area is 228 Å². The van der Waals surface area contributed by atoms with Crippen molar-refractivity contribution < 1.29 is 14.4 Å². The number of rotatable bonds is 8. The van der Waals surface area contributed by atoms with E-state index in [4.69, 9.17) is 58.0 Å². The maximum atomic E-state index is 12.8. The Hall–Kier alpha value is -1.70. The van der Waals surface area contributed by atoms with Gasteiger partial charge in [0.15, 0.2) is 0 Å². The summed E-state index contributed by atoms with van der Waals surface area (Å²) in [5, 5.41) is 5.34. The Morgan fingerprint density at radius 2 is 1.74 bits per heavy atom. The zero-order valence-electron chi connectivity index (χ0n) is 18.6. The maximum Gasteiger partial charge on any atom is 0.271 e. The summed E-state index contributed by atoms with van der Waals surface area (Å²) >= 11 is 31.6. The second-order valence-corrected chi connectivity index (χ2v) is 11.7. The fraction of sp³-hybridized carbons (Fsp3) is 0.375. The standard InChI is InChI=1S/C24H22Cl5N3O3/c1-32(20(34)6-13-2-3-13)31-22(35)18-10-17(4-5-19(18)27)30-11-23(12-33)21(24(23,28)29)14-7-15(25)9-16(26)8-14/h4-5,7-10,12-13,21,30H,2-3,6,11H2,1H3,(H,31,35). The molecule has 6 nitrogen and oxygen atoms in total. The van der Waals surface area contributed by atoms with E-state index in [1.54, 1.807) is 30.3 Å². The minimum Gasteiger partial charge on any atom is -0.384 e. The van der Waals surface area contributed by atoms with E-state index in [-0.39, 0.29) is 23.0 Å². The number of hydrogen-bond donors (Lipinski definition) is 2. The lowest BCUT2D eigenvalue weighted by atomic mass is 10.00. The van der Waals surface area contributed by atoms with Crippen LogP contribution in [0.25, 0.3) is 0 Å². The second-order valence-electron chi connectivity index (χ2n) is 9.01. The lowest BCUT2D eigenvalue weighted by Gasteiger charge is -2.19. The third kappa shape index (κ3) is 5.37. The Balaban J connectivity index is 1.47. The molecule has 0 spiro atoms. The van der Waals surface area contributed by atoms with Crippen LogP contribution in [0, 0.1) is 11.3 Å². The Morgan fingerprint density at radius 3 is 2.34 bits per heavy atom. The lowest BCUT2D eigenvalue weighted by Crippen LogP contribution is -2.43. The van der Waals surface area contributed by atoms with Gasteiger partial charge in [0.1, 0.15) is 10.6 Å². The average molecular weight is 578 g/mol. The molecule has 0 radical (unpaired) electrons. The van der Waals surface area contributed by atoms with Crippen molar-refractivity contribution >= 4 is 81.8 Å². The van der Waals surface area contributed by atoms with Crippen LogP contribution in [-0.2, 0) is 9.59 Å². The number of hydrazine groups is 1. The SMILES string of the molecule is CN(NC(=O)c1cc(NCC2(C=O)C(c3cc(Cl)cc(Cl)c3)C2(Cl)Cl)ccc1Cl)C(=O)CC1CC1. The number of nitrogens with one attached hydrogen (secondary N) is 2. The topological polar surface area (TPSA) is 78.5 Å². The van der Waals surface area contributed by atoms with Gasteiger partial charge in [-0.25, -0.2) is 0 Å². The van der Waals surface area contributed by atoms with Crippen molar-refractivity contribution in [1.29, 1.82) is 0 Å². The van der Waals surface area contributed by atoms with Gasteiger partial charge in [0.2, 0.25) is 5.91 Å². The smallest absolute Gasteiger partial charge is 0.271 e. The molecule has 4 rings (SSSR count). The van der Waals surface area contributed by atoms with Gasteiger partial charge < -0.3 is 10.1 Å². The van der Waals surface area contributed by atoms with Crippen LogP contribution in [0.2, 0.25) is 15.1 Å². The van der Waals surface area contributed by atoms with Crippen LogP contribution in [0.1, 0.15) is 41.1 Å². The van der Waals surface area contributed by atoms with Crippen LogP contribution in [0.5, 0.6) is 0 Å². The van der Waals surface area contributed by atoms with Crippen LogP contribution >= 0.6 is 58.0 Å². The predicted molar refractivity (Wildman–Crippen MR) is 140 cm³/mol. The van der Waals surface area contributed by atoms with Crippen molar-refractivity contribution in [3.63, 3.8) is 0 Å². The van der Waals surface area contributed by atoms with Gasteiger partial charge in [0.05, 0.1) is 16.0 Å². The van der Waals surface area contributed by atoms with Crippen LogP contribution in [0.15, 0.2) is 36.4 Å². The summed E-state index contributed by atoms with van der Waals surface area (Å²) in [6.07, 6.45) is 3.19. The van der Waals surface area contributed by atoms with E-state index in [0.717, 1.165) is 19.1 Å². The molecule has 35 heavy (non-hydrogen) atoms. The number of carbonyl (C=O) groups excluding carboxylic acids is 3. The highest BCUT2D eigenvalue weighted by Crippen LogP contribution is 2.73. The van der Waals surface area contributed by atoms with Crippen molar-refractivity contribution in [2.75, 3.05) is 18.9 Å². The summed E-state index contributed by atoms with van der Waals surface area (Å²) in [5.74, 6) is -0.841. The van der Waals surface area contributed by atoms with Crippen molar-refractivity contribution in [3.05, 3.63) is 62.6 Å². The van der Waals surface area contributed by atoms with Crippen LogP contribution < -0.4 is 10.7 Å². The number of aldehydes is 1. The van der Waals surface area contributed by atoms with E-state index in [0.29, 0.717) is 33.6 Å². The third-order valence-electron chi connectivity index (χ3n) is 6.44. The van der Waals surface area contributed by atoms with Crippen molar-refractivity contribution in [3.8, 4) is 0 Å². The van der Waals surface area contributed by atoms with E-state index in [1.165, 1.54) is 18.1 Å². The van der Waals surface area contributed by atoms with Gasteiger partial charge in [-0.2, -0.15) is 0 Å². The highest BCUT2D eigenvalue weighted by atomic mass is 35.5. The molecule has 0 saturated heterocycles. The molecule has 2 atom stereocenters. The highest BCUT2D eigenvalue weighted by Gasteiger charge is 2.76. The first-order valence-corrected chi connectivity index (χ1v) is 12.8. The Morgan fingerprint density at radius 1 is 1.09 bits per heavy atom. The van der Waals surface area contributed by atoms with Crippen LogP contribution in [-0.4, -0.2) is 41.0 Å². The monoisotopic (exact) mass is 575 g/mol. The molecule has 2 N–H and O–H groups in total. The molecule has 2 aromatic carbocycles. The zero-order chi connectivity index (χ0) is 25.5. The van der Waals surface area contributed by atoms with Gasteiger partial charge >= 0.3 is 0 Å². The second kappa shape index (κ2) is 9.98. The molecule has 0 heterocycles. The molecule has 11 heteroatoms. The lowest BCUT2D eigenvalue weighted by molar-refractivity contribution is -0.132. The van der Waals surface area contributed by atoms with E-state index < -0.39 is 21.6 Å². The van der Waals surface area contributed by atoms with E-state index in [1.807, 2.05) is 0 Å². The number of carbonyl (C=O) groups is 3. The summed E-state index contributed by atoms with van der Waals surface area (Å²) in [6, 6.07) is 9.68. The molecule has 2 amide bonds. The van der Waals surface area contributed by atoms with Gasteiger partial charge in [0.25, 0.3) is 5.91 Å². The van der Waals surface area contributed by atoms with Crippen LogP contribution in [0.3, 0.4) is 0 Å². The van der Waals surface area contributed by atoms with E-state index in [9.17, 15) is 14.4 Å². The first kappa shape index (κ1) is 26.4. The quantitative estimate of drug-likeness (QED) is 0.225. The number of halogens is 5. The molecular weight excluding hydrogens is 556 g/mol. The molecule has 0 aromatic heterocycles. The number of hydrogen-bond acceptors (Lipinski definition) is 4. The van der Waals surface area contributed by atoms with Crippen LogP contribution in [0.4, 0.5) is 5.69 Å². The molecule has 2 aromatic rings. The number of anilines is 1. The van der Waals surface area contributed by atoms with Crippen molar-refractivity contribution in [2.24, 2.45) is 11.3 Å². The number of benzene rings is 2. The highest BCUT2D eigenvalue weighted by molar-refractivity contribution is 6.54. The van der Waals surface area contributed by atoms with Gasteiger partial charge in [-0.05, 0) is 60.7 Å². The molecule has 186 valence electrons.